The van der Waals surface area contributed by atoms with Crippen molar-refractivity contribution in [3.63, 3.8) is 0 Å². The van der Waals surface area contributed by atoms with E-state index in [1.807, 2.05) is 0 Å². The van der Waals surface area contributed by atoms with Crippen LogP contribution in [0.4, 0.5) is 0 Å². The summed E-state index contributed by atoms with van der Waals surface area (Å²) in [5, 5.41) is 0. The average Bonchev–Trinajstić information content (AvgIpc) is 2.46. The first-order valence-electron chi connectivity index (χ1n) is 4.26. The van der Waals surface area contributed by atoms with E-state index in [0.717, 1.165) is 4.90 Å². The molecule has 0 radical (unpaired) electrons. The lowest BCUT2D eigenvalue weighted by Crippen LogP contribution is -2.42. The predicted octanol–water partition coefficient (Wildman–Crippen LogP) is 0.164. The predicted molar refractivity (Wildman–Crippen MR) is 54.9 cm³/mol. The molecule has 1 aliphatic rings. The van der Waals surface area contributed by atoms with Crippen LogP contribution >= 0.6 is 11.8 Å². The zero-order valence-corrected chi connectivity index (χ0v) is 9.24. The summed E-state index contributed by atoms with van der Waals surface area (Å²) >= 11 is 1.31. The van der Waals surface area contributed by atoms with Crippen LogP contribution in [-0.4, -0.2) is 40.9 Å². The molecule has 0 aromatic carbocycles. The second kappa shape index (κ2) is 4.97. The molecule has 1 heterocycles. The third-order valence-corrected chi connectivity index (χ3v) is 2.25. The van der Waals surface area contributed by atoms with Crippen LogP contribution in [0.5, 0.6) is 0 Å². The lowest BCUT2D eigenvalue weighted by molar-refractivity contribution is -0.159. The molecule has 0 saturated carbocycles. The number of amides is 2. The van der Waals surface area contributed by atoms with Gasteiger partial charge in [-0.1, -0.05) is 0 Å². The smallest absolute Gasteiger partial charge is 0.304 e. The Morgan fingerprint density at radius 3 is 2.80 bits per heavy atom. The van der Waals surface area contributed by atoms with Crippen molar-refractivity contribution in [1.29, 1.82) is 0 Å². The van der Waals surface area contributed by atoms with Gasteiger partial charge >= 0.3 is 5.97 Å². The third-order valence-electron chi connectivity index (χ3n) is 1.72. The highest BCUT2D eigenvalue weighted by atomic mass is 32.2. The van der Waals surface area contributed by atoms with Crippen LogP contribution in [0.1, 0.15) is 6.92 Å². The Bertz CT molecular complexity index is 326. The van der Waals surface area contributed by atoms with Crippen molar-refractivity contribution in [2.75, 3.05) is 12.0 Å². The van der Waals surface area contributed by atoms with Crippen LogP contribution in [0.15, 0.2) is 12.2 Å². The Morgan fingerprint density at radius 1 is 1.60 bits per heavy atom. The number of hydrogen-bond acceptors (Lipinski definition) is 5. The van der Waals surface area contributed by atoms with E-state index in [4.69, 9.17) is 4.74 Å². The molecule has 6 heteroatoms. The summed E-state index contributed by atoms with van der Waals surface area (Å²) in [7, 11) is 0. The van der Waals surface area contributed by atoms with E-state index >= 15 is 0 Å². The molecule has 15 heavy (non-hydrogen) atoms. The summed E-state index contributed by atoms with van der Waals surface area (Å²) in [6.45, 7) is 1.23. The van der Waals surface area contributed by atoms with Gasteiger partial charge in [-0.3, -0.25) is 14.4 Å². The molecular formula is C9H11NO4S. The Hall–Kier alpha value is -1.30. The number of ether oxygens (including phenoxy) is 1. The second-order valence-electron chi connectivity index (χ2n) is 2.89. The van der Waals surface area contributed by atoms with Crippen LogP contribution in [0.2, 0.25) is 0 Å². The van der Waals surface area contributed by atoms with Crippen molar-refractivity contribution in [3.05, 3.63) is 12.2 Å². The first-order valence-corrected chi connectivity index (χ1v) is 5.66. The van der Waals surface area contributed by atoms with Crippen LogP contribution in [-0.2, 0) is 19.1 Å². The summed E-state index contributed by atoms with van der Waals surface area (Å²) in [5.41, 5.74) is 0. The van der Waals surface area contributed by atoms with Gasteiger partial charge in [-0.25, -0.2) is 4.90 Å². The Balaban J connectivity index is 2.71. The van der Waals surface area contributed by atoms with E-state index in [-0.39, 0.29) is 11.7 Å². The fraction of sp³-hybridized carbons (Fsp3) is 0.444. The van der Waals surface area contributed by atoms with Crippen LogP contribution in [0.25, 0.3) is 0 Å². The molecule has 0 fully saturated rings. The van der Waals surface area contributed by atoms with Crippen molar-refractivity contribution in [3.8, 4) is 0 Å². The van der Waals surface area contributed by atoms with Gasteiger partial charge in [-0.2, -0.15) is 11.8 Å². The van der Waals surface area contributed by atoms with E-state index in [2.05, 4.69) is 0 Å². The zero-order chi connectivity index (χ0) is 11.4. The maximum absolute atomic E-state index is 11.5. The van der Waals surface area contributed by atoms with Crippen LogP contribution in [0.3, 0.4) is 0 Å². The van der Waals surface area contributed by atoms with Crippen molar-refractivity contribution in [2.45, 2.75) is 13.2 Å². The molecule has 0 aliphatic carbocycles. The quantitative estimate of drug-likeness (QED) is 0.645. The standard InChI is InChI=1S/C9H11NO4S/c1-6(11)14-9-4-3-7(12)10(9)8(13)5-15-2/h3-4,9H,5H2,1-2H3. The van der Waals surface area contributed by atoms with Gasteiger partial charge < -0.3 is 4.74 Å². The first-order chi connectivity index (χ1) is 7.06. The van der Waals surface area contributed by atoms with E-state index in [1.165, 1.54) is 30.8 Å². The van der Waals surface area contributed by atoms with Gasteiger partial charge in [0.25, 0.3) is 5.91 Å². The van der Waals surface area contributed by atoms with Gasteiger partial charge in [0.2, 0.25) is 12.1 Å². The number of carbonyl (C=O) groups is 3. The van der Waals surface area contributed by atoms with Gasteiger partial charge in [0, 0.05) is 13.0 Å². The van der Waals surface area contributed by atoms with Gasteiger partial charge in [0.05, 0.1) is 5.75 Å². The number of hydrogen-bond donors (Lipinski definition) is 0. The summed E-state index contributed by atoms with van der Waals surface area (Å²) in [6, 6.07) is 0. The minimum absolute atomic E-state index is 0.186. The van der Waals surface area contributed by atoms with Gasteiger partial charge in [-0.05, 0) is 12.3 Å². The fourth-order valence-electron chi connectivity index (χ4n) is 1.18. The Kier molecular flexibility index (Phi) is 3.90. The van der Waals surface area contributed by atoms with Crippen molar-refractivity contribution in [2.24, 2.45) is 0 Å². The number of nitrogens with zero attached hydrogens (tertiary/aromatic N) is 1. The summed E-state index contributed by atoms with van der Waals surface area (Å²) in [4.78, 5) is 34.5. The number of esters is 1. The maximum atomic E-state index is 11.5. The number of rotatable bonds is 3. The van der Waals surface area contributed by atoms with Gasteiger partial charge in [0.15, 0.2) is 0 Å². The second-order valence-corrected chi connectivity index (χ2v) is 3.76. The highest BCUT2D eigenvalue weighted by molar-refractivity contribution is 7.99. The lowest BCUT2D eigenvalue weighted by atomic mass is 10.5. The number of carbonyl (C=O) groups excluding carboxylic acids is 3. The maximum Gasteiger partial charge on any atom is 0.304 e. The average molecular weight is 229 g/mol. The third kappa shape index (κ3) is 2.82. The van der Waals surface area contributed by atoms with E-state index < -0.39 is 18.1 Å². The molecule has 5 nitrogen and oxygen atoms in total. The number of imide groups is 1. The van der Waals surface area contributed by atoms with Crippen LogP contribution in [0, 0.1) is 0 Å². The Morgan fingerprint density at radius 2 is 2.27 bits per heavy atom. The zero-order valence-electron chi connectivity index (χ0n) is 8.43. The minimum Gasteiger partial charge on any atom is -0.437 e. The topological polar surface area (TPSA) is 63.7 Å². The molecule has 0 saturated heterocycles. The monoisotopic (exact) mass is 229 g/mol. The van der Waals surface area contributed by atoms with E-state index in [1.54, 1.807) is 6.26 Å². The largest absolute Gasteiger partial charge is 0.437 e. The summed E-state index contributed by atoms with van der Waals surface area (Å²) in [6.07, 6.45) is 3.50. The fourth-order valence-corrected chi connectivity index (χ4v) is 1.56. The van der Waals surface area contributed by atoms with Crippen LogP contribution < -0.4 is 0 Å². The molecule has 82 valence electrons. The summed E-state index contributed by atoms with van der Waals surface area (Å²) in [5.74, 6) is -1.14. The van der Waals surface area contributed by atoms with E-state index in [9.17, 15) is 14.4 Å². The molecule has 2 amide bonds. The van der Waals surface area contributed by atoms with E-state index in [0.29, 0.717) is 0 Å². The van der Waals surface area contributed by atoms with Crippen molar-refractivity contribution >= 4 is 29.5 Å². The van der Waals surface area contributed by atoms with Crippen molar-refractivity contribution in [1.82, 2.24) is 4.90 Å². The lowest BCUT2D eigenvalue weighted by Gasteiger charge is -2.21. The highest BCUT2D eigenvalue weighted by Crippen LogP contribution is 2.14. The highest BCUT2D eigenvalue weighted by Gasteiger charge is 2.32. The van der Waals surface area contributed by atoms with Gasteiger partial charge in [-0.15, -0.1) is 0 Å². The molecule has 0 spiro atoms. The minimum atomic E-state index is -0.880. The molecule has 1 unspecified atom stereocenters. The molecule has 0 bridgehead atoms. The summed E-state index contributed by atoms with van der Waals surface area (Å²) < 4.78 is 4.81. The molecule has 1 rings (SSSR count). The first kappa shape index (κ1) is 11.8. The molecule has 1 atom stereocenters. The Labute approximate surface area is 91.4 Å². The molecule has 0 aromatic heterocycles. The molecule has 1 aliphatic heterocycles. The SMILES string of the molecule is CSCC(=O)N1C(=O)C=CC1OC(C)=O. The molecule has 0 aromatic rings. The number of thioether (sulfide) groups is 1. The molecule has 0 N–H and O–H groups in total. The normalized spacial score (nSPS) is 19.5. The molecular weight excluding hydrogens is 218 g/mol. The van der Waals surface area contributed by atoms with Gasteiger partial charge in [0.1, 0.15) is 0 Å². The van der Waals surface area contributed by atoms with Crippen molar-refractivity contribution < 1.29 is 19.1 Å².